The average molecular weight is 191 g/mol. The van der Waals surface area contributed by atoms with Crippen molar-refractivity contribution < 1.29 is 8.42 Å². The van der Waals surface area contributed by atoms with Crippen LogP contribution in [-0.2, 0) is 9.84 Å². The van der Waals surface area contributed by atoms with Crippen LogP contribution < -0.4 is 5.73 Å². The number of hydrogen-bond donors (Lipinski definition) is 2. The molecule has 1 heterocycles. The van der Waals surface area contributed by atoms with Gasteiger partial charge in [-0.25, -0.2) is 8.42 Å². The molecule has 1 fully saturated rings. The summed E-state index contributed by atoms with van der Waals surface area (Å²) in [5, 5.41) is 7.12. The van der Waals surface area contributed by atoms with Crippen LogP contribution in [0.2, 0.25) is 0 Å². The molecule has 0 bridgehead atoms. The fraction of sp³-hybridized carbons (Fsp3) is 0.833. The van der Waals surface area contributed by atoms with Crippen LogP contribution in [0, 0.1) is 5.41 Å². The number of nitrogens with two attached hydrogens (primary N) is 1. The Morgan fingerprint density at radius 2 is 2.00 bits per heavy atom. The van der Waals surface area contributed by atoms with E-state index >= 15 is 0 Å². The molecule has 0 aromatic heterocycles. The Morgan fingerprint density at radius 1 is 1.33 bits per heavy atom. The van der Waals surface area contributed by atoms with Crippen molar-refractivity contribution >= 4 is 15.8 Å². The summed E-state index contributed by atoms with van der Waals surface area (Å²) >= 11 is 0. The van der Waals surface area contributed by atoms with Crippen LogP contribution in [0.5, 0.6) is 0 Å². The molecule has 0 saturated carbocycles. The Bertz CT molecular complexity index is 273. The molecule has 5 nitrogen and oxygen atoms in total. The molecule has 0 aromatic carbocycles. The minimum atomic E-state index is -2.88. The monoisotopic (exact) mass is 191 g/mol. The lowest BCUT2D eigenvalue weighted by atomic mass is 10.4. The Kier molecular flexibility index (Phi) is 2.56. The predicted octanol–water partition coefficient (Wildman–Crippen LogP) is -1.000. The molecule has 0 unspecified atom stereocenters. The average Bonchev–Trinajstić information content (AvgIpc) is 2.10. The van der Waals surface area contributed by atoms with Crippen LogP contribution >= 0.6 is 0 Å². The maximum Gasteiger partial charge on any atom is 0.188 e. The van der Waals surface area contributed by atoms with Gasteiger partial charge in [-0.1, -0.05) is 0 Å². The molecule has 1 aliphatic heterocycles. The third-order valence-electron chi connectivity index (χ3n) is 1.90. The minimum Gasteiger partial charge on any atom is -0.370 e. The zero-order chi connectivity index (χ0) is 9.19. The van der Waals surface area contributed by atoms with Gasteiger partial charge in [0.15, 0.2) is 15.8 Å². The Hall–Kier alpha value is -0.780. The number of rotatable bonds is 0. The number of sulfone groups is 1. The molecule has 3 N–H and O–H groups in total. The Morgan fingerprint density at radius 3 is 2.58 bits per heavy atom. The van der Waals surface area contributed by atoms with E-state index in [4.69, 9.17) is 11.1 Å². The third-order valence-corrected chi connectivity index (χ3v) is 3.61. The first kappa shape index (κ1) is 9.31. The normalized spacial score (nSPS) is 23.2. The van der Waals surface area contributed by atoms with Crippen LogP contribution in [0.15, 0.2) is 0 Å². The maximum absolute atomic E-state index is 11.1. The first-order valence-electron chi connectivity index (χ1n) is 3.81. The van der Waals surface area contributed by atoms with Gasteiger partial charge in [-0.3, -0.25) is 5.41 Å². The summed E-state index contributed by atoms with van der Waals surface area (Å²) in [5.74, 6) is 0.302. The number of hydrogen-bond acceptors (Lipinski definition) is 3. The second-order valence-electron chi connectivity index (χ2n) is 2.88. The highest BCUT2D eigenvalue weighted by molar-refractivity contribution is 7.91. The molecule has 0 spiro atoms. The first-order valence-corrected chi connectivity index (χ1v) is 5.63. The molecule has 0 aliphatic carbocycles. The molecular formula is C6H13N3O2S. The van der Waals surface area contributed by atoms with E-state index in [0.717, 1.165) is 0 Å². The molecular weight excluding hydrogens is 178 g/mol. The van der Waals surface area contributed by atoms with Gasteiger partial charge in [0.2, 0.25) is 0 Å². The van der Waals surface area contributed by atoms with Crippen molar-refractivity contribution in [3.63, 3.8) is 0 Å². The summed E-state index contributed by atoms with van der Waals surface area (Å²) < 4.78 is 22.2. The largest absolute Gasteiger partial charge is 0.370 e. The molecule has 12 heavy (non-hydrogen) atoms. The number of guanidine groups is 1. The highest BCUT2D eigenvalue weighted by Gasteiger charge is 2.19. The van der Waals surface area contributed by atoms with Crippen LogP contribution in [0.3, 0.4) is 0 Å². The molecule has 1 rings (SSSR count). The predicted molar refractivity (Wildman–Crippen MR) is 46.8 cm³/mol. The quantitative estimate of drug-likeness (QED) is 0.380. The first-order chi connectivity index (χ1) is 5.51. The van der Waals surface area contributed by atoms with Crippen LogP contribution in [-0.4, -0.2) is 43.9 Å². The number of nitrogens with zero attached hydrogens (tertiary/aromatic N) is 1. The van der Waals surface area contributed by atoms with Gasteiger partial charge in [-0.2, -0.15) is 0 Å². The summed E-state index contributed by atoms with van der Waals surface area (Å²) in [5.41, 5.74) is 5.24. The van der Waals surface area contributed by atoms with E-state index in [9.17, 15) is 8.42 Å². The van der Waals surface area contributed by atoms with E-state index in [1.807, 2.05) is 0 Å². The molecule has 1 saturated heterocycles. The van der Waals surface area contributed by atoms with Gasteiger partial charge >= 0.3 is 0 Å². The van der Waals surface area contributed by atoms with Crippen molar-refractivity contribution in [1.82, 2.24) is 4.90 Å². The van der Waals surface area contributed by atoms with Crippen molar-refractivity contribution in [2.24, 2.45) is 5.73 Å². The third kappa shape index (κ3) is 2.37. The van der Waals surface area contributed by atoms with Gasteiger partial charge in [-0.05, 0) is 6.42 Å². The lowest BCUT2D eigenvalue weighted by Gasteiger charge is -2.18. The maximum atomic E-state index is 11.1. The van der Waals surface area contributed by atoms with Crippen LogP contribution in [0.4, 0.5) is 0 Å². The molecule has 70 valence electrons. The van der Waals surface area contributed by atoms with E-state index < -0.39 is 9.84 Å². The smallest absolute Gasteiger partial charge is 0.188 e. The van der Waals surface area contributed by atoms with E-state index in [-0.39, 0.29) is 17.5 Å². The van der Waals surface area contributed by atoms with Crippen LogP contribution in [0.1, 0.15) is 6.42 Å². The lowest BCUT2D eigenvalue weighted by molar-refractivity contribution is 0.442. The van der Waals surface area contributed by atoms with Gasteiger partial charge in [-0.15, -0.1) is 0 Å². The zero-order valence-electron chi connectivity index (χ0n) is 6.78. The fourth-order valence-electron chi connectivity index (χ4n) is 1.18. The summed E-state index contributed by atoms with van der Waals surface area (Å²) in [6.07, 6.45) is 0.571. The molecule has 0 radical (unpaired) electrons. The van der Waals surface area contributed by atoms with Gasteiger partial charge < -0.3 is 10.6 Å². The number of nitrogens with one attached hydrogen (secondary N) is 1. The molecule has 6 heteroatoms. The van der Waals surface area contributed by atoms with E-state index in [1.165, 1.54) is 0 Å². The highest BCUT2D eigenvalue weighted by Crippen LogP contribution is 2.03. The van der Waals surface area contributed by atoms with Crippen LogP contribution in [0.25, 0.3) is 0 Å². The second-order valence-corrected chi connectivity index (χ2v) is 5.18. The molecule has 0 atom stereocenters. The van der Waals surface area contributed by atoms with Gasteiger partial charge in [0.05, 0.1) is 11.5 Å². The van der Waals surface area contributed by atoms with Crippen molar-refractivity contribution in [2.45, 2.75) is 6.42 Å². The fourth-order valence-corrected chi connectivity index (χ4v) is 2.45. The highest BCUT2D eigenvalue weighted by atomic mass is 32.2. The van der Waals surface area contributed by atoms with Gasteiger partial charge in [0.25, 0.3) is 0 Å². The summed E-state index contributed by atoms with van der Waals surface area (Å²) in [6, 6.07) is 0. The van der Waals surface area contributed by atoms with Crippen molar-refractivity contribution in [2.75, 3.05) is 24.6 Å². The Balaban J connectivity index is 2.62. The molecule has 1 aliphatic rings. The summed E-state index contributed by atoms with van der Waals surface area (Å²) in [4.78, 5) is 1.59. The van der Waals surface area contributed by atoms with Gasteiger partial charge in [0.1, 0.15) is 0 Å². The SMILES string of the molecule is N=C(N)N1CCCS(=O)(=O)CC1. The van der Waals surface area contributed by atoms with Crippen molar-refractivity contribution in [1.29, 1.82) is 5.41 Å². The molecule has 0 amide bonds. The summed E-state index contributed by atoms with van der Waals surface area (Å²) in [6.45, 7) is 0.937. The standard InChI is InChI=1S/C6H13N3O2S/c7-6(8)9-2-1-4-12(10,11)5-3-9/h1-5H2,(H3,7,8). The second kappa shape index (κ2) is 3.30. The molecule has 0 aromatic rings. The van der Waals surface area contributed by atoms with E-state index in [2.05, 4.69) is 0 Å². The van der Waals surface area contributed by atoms with Crippen molar-refractivity contribution in [3.8, 4) is 0 Å². The van der Waals surface area contributed by atoms with E-state index in [1.54, 1.807) is 4.90 Å². The summed E-state index contributed by atoms with van der Waals surface area (Å²) in [7, 11) is -2.88. The minimum absolute atomic E-state index is 0.0351. The van der Waals surface area contributed by atoms with Crippen molar-refractivity contribution in [3.05, 3.63) is 0 Å². The van der Waals surface area contributed by atoms with Gasteiger partial charge in [0, 0.05) is 13.1 Å². The Labute approximate surface area is 72.0 Å². The van der Waals surface area contributed by atoms with E-state index in [0.29, 0.717) is 19.5 Å². The topological polar surface area (TPSA) is 87.2 Å². The zero-order valence-corrected chi connectivity index (χ0v) is 7.60. The lowest BCUT2D eigenvalue weighted by Crippen LogP contribution is -2.38.